The number of hydrazone groups is 1. The van der Waals surface area contributed by atoms with Gasteiger partial charge in [0.25, 0.3) is 11.6 Å². The number of rotatable bonds is 13. The number of nitro benzene ring substituents is 2. The first-order valence-corrected chi connectivity index (χ1v) is 15.4. The fraction of sp³-hybridized carbons (Fsp3) is 0.200. The van der Waals surface area contributed by atoms with Crippen LogP contribution in [0.2, 0.25) is 0 Å². The van der Waals surface area contributed by atoms with Gasteiger partial charge in [0.15, 0.2) is 23.2 Å². The van der Waals surface area contributed by atoms with Crippen LogP contribution in [-0.2, 0) is 14.3 Å². The monoisotopic (exact) mass is 790 g/mol. The fourth-order valence-corrected chi connectivity index (χ4v) is 5.49. The lowest BCUT2D eigenvalue weighted by molar-refractivity contribution is -0.394. The summed E-state index contributed by atoms with van der Waals surface area (Å²) in [6, 6.07) is 12.3. The van der Waals surface area contributed by atoms with Crippen molar-refractivity contribution in [2.45, 2.75) is 19.9 Å². The third-order valence-corrected chi connectivity index (χ3v) is 7.59. The van der Waals surface area contributed by atoms with E-state index in [2.05, 4.69) is 21.2 Å². The molecule has 0 unspecified atom stereocenters. The number of allylic oxidation sites excluding steroid dienone is 1. The third kappa shape index (κ3) is 8.50. The molecule has 3 aromatic carbocycles. The van der Waals surface area contributed by atoms with E-state index in [1.165, 1.54) is 19.4 Å². The first-order valence-electron chi connectivity index (χ1n) is 13.9. The van der Waals surface area contributed by atoms with Crippen LogP contribution in [-0.4, -0.2) is 53.4 Å². The van der Waals surface area contributed by atoms with Gasteiger partial charge in [0.2, 0.25) is 5.75 Å². The molecule has 1 heterocycles. The number of ether oxygens (including phenoxy) is 4. The minimum absolute atomic E-state index is 0.128. The summed E-state index contributed by atoms with van der Waals surface area (Å²) < 4.78 is 22.7. The first kappa shape index (κ1) is 35.5. The van der Waals surface area contributed by atoms with E-state index in [4.69, 9.17) is 31.2 Å². The van der Waals surface area contributed by atoms with Crippen molar-refractivity contribution in [1.29, 1.82) is 0 Å². The average molecular weight is 791 g/mol. The molecule has 1 aliphatic rings. The molecule has 0 saturated heterocycles. The zero-order valence-corrected chi connectivity index (χ0v) is 28.4. The lowest BCUT2D eigenvalue weighted by Crippen LogP contribution is -2.45. The molecule has 1 atom stereocenters. The van der Waals surface area contributed by atoms with Gasteiger partial charge in [-0.2, -0.15) is 5.10 Å². The number of amides is 1. The predicted molar refractivity (Wildman–Crippen MR) is 184 cm³/mol. The zero-order valence-electron chi connectivity index (χ0n) is 25.5. The molecule has 16 nitrogen and oxygen atoms in total. The predicted octanol–water partition coefficient (Wildman–Crippen LogP) is 4.79. The Hall–Kier alpha value is -5.37. The summed E-state index contributed by atoms with van der Waals surface area (Å²) in [4.78, 5) is 46.5. The normalized spacial score (nSPS) is 14.1. The van der Waals surface area contributed by atoms with Gasteiger partial charge < -0.3 is 29.6 Å². The molecule has 250 valence electrons. The van der Waals surface area contributed by atoms with Crippen molar-refractivity contribution in [1.82, 2.24) is 16.1 Å². The van der Waals surface area contributed by atoms with Crippen LogP contribution in [0, 0.1) is 23.8 Å². The van der Waals surface area contributed by atoms with Crippen LogP contribution in [0.3, 0.4) is 0 Å². The second-order valence-electron chi connectivity index (χ2n) is 9.71. The second kappa shape index (κ2) is 16.0. The van der Waals surface area contributed by atoms with Crippen molar-refractivity contribution in [3.05, 3.63) is 101 Å². The number of carbonyl (C=O) groups excluding carboxylic acids is 2. The second-order valence-corrected chi connectivity index (χ2v) is 11.3. The number of thiocarbonyl (C=S) groups is 1. The van der Waals surface area contributed by atoms with Crippen LogP contribution in [0.4, 0.5) is 11.4 Å². The number of carbonyl (C=O) groups is 2. The number of methoxy groups -OCH3 is 1. The van der Waals surface area contributed by atoms with E-state index in [-0.39, 0.29) is 23.9 Å². The molecule has 0 radical (unpaired) electrons. The van der Waals surface area contributed by atoms with Gasteiger partial charge in [-0.05, 0) is 78.5 Å². The van der Waals surface area contributed by atoms with Gasteiger partial charge in [-0.1, -0.05) is 18.2 Å². The lowest BCUT2D eigenvalue weighted by Gasteiger charge is -2.30. The summed E-state index contributed by atoms with van der Waals surface area (Å²) in [5.41, 5.74) is 3.21. The van der Waals surface area contributed by atoms with Crippen molar-refractivity contribution < 1.29 is 38.4 Å². The Labute approximate surface area is 291 Å². The number of non-ortho nitro benzene ring substituents is 1. The number of para-hydroxylation sites is 1. The quantitative estimate of drug-likeness (QED) is 0.0533. The minimum Gasteiger partial charge on any atom is -0.493 e. The number of nitrogens with one attached hydrogen (secondary N) is 3. The number of halogens is 1. The minimum atomic E-state index is -0.786. The van der Waals surface area contributed by atoms with Crippen molar-refractivity contribution >= 4 is 69.4 Å². The number of nitro groups is 2. The Balaban J connectivity index is 1.45. The summed E-state index contributed by atoms with van der Waals surface area (Å²) >= 11 is 7.22. The van der Waals surface area contributed by atoms with Crippen molar-refractivity contribution in [2.75, 3.05) is 20.3 Å². The van der Waals surface area contributed by atoms with E-state index in [9.17, 15) is 29.8 Å². The van der Waals surface area contributed by atoms with E-state index in [1.807, 2.05) is 22.6 Å². The van der Waals surface area contributed by atoms with E-state index in [0.717, 1.165) is 18.2 Å². The third-order valence-electron chi connectivity index (χ3n) is 6.57. The molecule has 1 aliphatic heterocycles. The van der Waals surface area contributed by atoms with Crippen LogP contribution < -0.4 is 30.3 Å². The molecule has 3 aromatic rings. The van der Waals surface area contributed by atoms with Gasteiger partial charge in [0.05, 0.1) is 51.0 Å². The molecular weight excluding hydrogens is 763 g/mol. The smallest absolute Gasteiger partial charge is 0.338 e. The molecule has 0 aromatic heterocycles. The first-order chi connectivity index (χ1) is 22.9. The molecule has 4 rings (SSSR count). The molecule has 0 aliphatic carbocycles. The summed E-state index contributed by atoms with van der Waals surface area (Å²) in [5, 5.41) is 32.9. The molecule has 0 bridgehead atoms. The van der Waals surface area contributed by atoms with E-state index >= 15 is 0 Å². The largest absolute Gasteiger partial charge is 0.493 e. The Bertz CT molecular complexity index is 1850. The van der Waals surface area contributed by atoms with Crippen LogP contribution in [0.1, 0.15) is 31.0 Å². The van der Waals surface area contributed by atoms with Crippen molar-refractivity contribution in [3.63, 3.8) is 0 Å². The lowest BCUT2D eigenvalue weighted by atomic mass is 9.95. The molecule has 1 amide bonds. The van der Waals surface area contributed by atoms with Gasteiger partial charge >= 0.3 is 11.7 Å². The van der Waals surface area contributed by atoms with Gasteiger partial charge in [-0.15, -0.1) is 0 Å². The zero-order chi connectivity index (χ0) is 35.0. The van der Waals surface area contributed by atoms with Crippen LogP contribution in [0.15, 0.2) is 71.0 Å². The molecule has 0 saturated carbocycles. The molecule has 3 N–H and O–H groups in total. The number of nitrogens with zero attached hydrogens (tertiary/aromatic N) is 3. The maximum Gasteiger partial charge on any atom is 0.338 e. The Kier molecular flexibility index (Phi) is 11.8. The number of benzene rings is 3. The van der Waals surface area contributed by atoms with Crippen molar-refractivity contribution in [3.8, 4) is 23.0 Å². The van der Waals surface area contributed by atoms with E-state index < -0.39 is 45.7 Å². The fourth-order valence-electron chi connectivity index (χ4n) is 4.48. The molecule has 18 heteroatoms. The highest BCUT2D eigenvalue weighted by Crippen LogP contribution is 2.41. The van der Waals surface area contributed by atoms with Crippen LogP contribution >= 0.6 is 34.8 Å². The summed E-state index contributed by atoms with van der Waals surface area (Å²) in [5.74, 6) is -0.694. The van der Waals surface area contributed by atoms with Crippen LogP contribution in [0.5, 0.6) is 23.0 Å². The molecule has 0 spiro atoms. The van der Waals surface area contributed by atoms with Gasteiger partial charge in [-0.25, -0.2) is 10.2 Å². The summed E-state index contributed by atoms with van der Waals surface area (Å²) in [6.45, 7) is 3.19. The Morgan fingerprint density at radius 1 is 1.08 bits per heavy atom. The molecule has 0 fully saturated rings. The standard InChI is InChI=1S/C30H27IN6O10S/c1-4-45-29(39)26-16(2)33-30(48)34-27(26)19-7-5-6-8-22(19)46-15-25(38)35-32-14-17-11-20(31)28(24(12-17)44-3)47-23-10-9-18(36(40)41)13-21(23)37(42)43/h5-14,27H,4,15H2,1-3H3,(H,35,38)(H2,33,34,48)/t27-/m0/s1. The summed E-state index contributed by atoms with van der Waals surface area (Å²) in [7, 11) is 1.36. The SMILES string of the molecule is CCOC(=O)C1=C(C)NC(=S)N[C@H]1c1ccccc1OCC(=O)NN=Cc1cc(I)c(Oc2ccc([N+](=O)[O-])cc2[N+](=O)[O-])c(OC)c1. The maximum atomic E-state index is 12.8. The highest BCUT2D eigenvalue weighted by atomic mass is 127. The van der Waals surface area contributed by atoms with Gasteiger partial charge in [-0.3, -0.25) is 25.0 Å². The van der Waals surface area contributed by atoms with Gasteiger partial charge in [0.1, 0.15) is 5.75 Å². The maximum absolute atomic E-state index is 12.8. The molecule has 48 heavy (non-hydrogen) atoms. The number of esters is 1. The van der Waals surface area contributed by atoms with E-state index in [0.29, 0.717) is 36.8 Å². The highest BCUT2D eigenvalue weighted by Gasteiger charge is 2.32. The van der Waals surface area contributed by atoms with Crippen LogP contribution in [0.25, 0.3) is 0 Å². The van der Waals surface area contributed by atoms with Gasteiger partial charge in [0, 0.05) is 17.3 Å². The highest BCUT2D eigenvalue weighted by molar-refractivity contribution is 14.1. The number of hydrogen-bond donors (Lipinski definition) is 3. The van der Waals surface area contributed by atoms with Crippen molar-refractivity contribution in [2.24, 2.45) is 5.10 Å². The summed E-state index contributed by atoms with van der Waals surface area (Å²) in [6.07, 6.45) is 1.34. The molecular formula is C30H27IN6O10S. The van der Waals surface area contributed by atoms with E-state index in [1.54, 1.807) is 44.2 Å². The Morgan fingerprint density at radius 2 is 1.83 bits per heavy atom. The topological polar surface area (TPSA) is 206 Å². The average Bonchev–Trinajstić information content (AvgIpc) is 3.04. The number of hydrogen-bond acceptors (Lipinski definition) is 12. The Morgan fingerprint density at radius 3 is 2.52 bits per heavy atom.